The largest absolute Gasteiger partial charge is 0.493 e. The molecule has 0 spiro atoms. The molecule has 0 atom stereocenters. The van der Waals surface area contributed by atoms with Crippen LogP contribution in [0.25, 0.3) is 0 Å². The van der Waals surface area contributed by atoms with Crippen molar-refractivity contribution in [2.75, 3.05) is 20.8 Å². The Morgan fingerprint density at radius 2 is 2.00 bits per heavy atom. The summed E-state index contributed by atoms with van der Waals surface area (Å²) in [5.74, 6) is -1.16. The van der Waals surface area contributed by atoms with E-state index in [1.54, 1.807) is 0 Å². The summed E-state index contributed by atoms with van der Waals surface area (Å²) in [5, 5.41) is 8.98. The predicted octanol–water partition coefficient (Wildman–Crippen LogP) is 1.99. The minimum absolute atomic E-state index is 0.0119. The van der Waals surface area contributed by atoms with Gasteiger partial charge in [-0.1, -0.05) is 11.6 Å². The molecule has 0 unspecified atom stereocenters. The zero-order chi connectivity index (χ0) is 14.4. The lowest BCUT2D eigenvalue weighted by molar-refractivity contribution is -0.141. The lowest BCUT2D eigenvalue weighted by atomic mass is 10.2. The minimum Gasteiger partial charge on any atom is -0.493 e. The minimum atomic E-state index is -1.12. The number of aromatic carboxylic acids is 1. The number of carbonyl (C=O) groups excluding carboxylic acids is 1. The molecule has 1 aromatic carbocycles. The maximum atomic E-state index is 10.9. The second-order valence-corrected chi connectivity index (χ2v) is 3.88. The summed E-state index contributed by atoms with van der Waals surface area (Å²) < 4.78 is 14.8. The van der Waals surface area contributed by atoms with Crippen LogP contribution >= 0.6 is 11.6 Å². The van der Waals surface area contributed by atoms with E-state index in [1.807, 2.05) is 0 Å². The zero-order valence-corrected chi connectivity index (χ0v) is 11.2. The van der Waals surface area contributed by atoms with E-state index < -0.39 is 11.9 Å². The quantitative estimate of drug-likeness (QED) is 0.806. The Bertz CT molecular complexity index is 485. The number of benzene rings is 1. The zero-order valence-electron chi connectivity index (χ0n) is 10.4. The molecule has 0 bridgehead atoms. The van der Waals surface area contributed by atoms with E-state index in [0.717, 1.165) is 0 Å². The number of carboxylic acids is 1. The molecule has 1 rings (SSSR count). The first-order chi connectivity index (χ1) is 8.99. The molecule has 0 saturated heterocycles. The normalized spacial score (nSPS) is 9.84. The fourth-order valence-corrected chi connectivity index (χ4v) is 1.59. The van der Waals surface area contributed by atoms with Crippen molar-refractivity contribution >= 4 is 23.5 Å². The van der Waals surface area contributed by atoms with Crippen molar-refractivity contribution in [1.29, 1.82) is 0 Å². The third-order valence-corrected chi connectivity index (χ3v) is 2.54. The van der Waals surface area contributed by atoms with Crippen molar-refractivity contribution in [2.45, 2.75) is 6.42 Å². The topological polar surface area (TPSA) is 82.1 Å². The van der Waals surface area contributed by atoms with Crippen LogP contribution in [0.3, 0.4) is 0 Å². The van der Waals surface area contributed by atoms with Gasteiger partial charge in [-0.25, -0.2) is 4.79 Å². The van der Waals surface area contributed by atoms with Crippen LogP contribution in [0.5, 0.6) is 11.5 Å². The van der Waals surface area contributed by atoms with Crippen LogP contribution in [0.2, 0.25) is 5.02 Å². The molecule has 0 saturated carbocycles. The second kappa shape index (κ2) is 6.84. The molecular formula is C12H13ClO6. The number of hydrogen-bond acceptors (Lipinski definition) is 5. The fraction of sp³-hybridized carbons (Fsp3) is 0.333. The highest BCUT2D eigenvalue weighted by atomic mass is 35.5. The van der Waals surface area contributed by atoms with Crippen molar-refractivity contribution in [3.63, 3.8) is 0 Å². The maximum absolute atomic E-state index is 10.9. The van der Waals surface area contributed by atoms with Gasteiger partial charge in [0.15, 0.2) is 11.5 Å². The van der Waals surface area contributed by atoms with Gasteiger partial charge in [0.2, 0.25) is 0 Å². The van der Waals surface area contributed by atoms with Gasteiger partial charge in [-0.3, -0.25) is 4.79 Å². The van der Waals surface area contributed by atoms with Gasteiger partial charge in [-0.15, -0.1) is 0 Å². The Kier molecular flexibility index (Phi) is 5.44. The second-order valence-electron chi connectivity index (χ2n) is 3.47. The molecule has 0 heterocycles. The molecule has 0 aliphatic heterocycles. The summed E-state index contributed by atoms with van der Waals surface area (Å²) in [4.78, 5) is 21.8. The van der Waals surface area contributed by atoms with Crippen molar-refractivity contribution < 1.29 is 28.9 Å². The maximum Gasteiger partial charge on any atom is 0.335 e. The number of halogens is 1. The van der Waals surface area contributed by atoms with Crippen LogP contribution in [-0.4, -0.2) is 37.9 Å². The van der Waals surface area contributed by atoms with E-state index in [9.17, 15) is 9.59 Å². The first kappa shape index (κ1) is 15.1. The smallest absolute Gasteiger partial charge is 0.335 e. The molecule has 0 aromatic heterocycles. The van der Waals surface area contributed by atoms with Gasteiger partial charge in [0.1, 0.15) is 0 Å². The van der Waals surface area contributed by atoms with E-state index in [-0.39, 0.29) is 35.1 Å². The molecule has 6 nitrogen and oxygen atoms in total. The van der Waals surface area contributed by atoms with E-state index in [0.29, 0.717) is 0 Å². The summed E-state index contributed by atoms with van der Waals surface area (Å²) >= 11 is 5.92. The lowest BCUT2D eigenvalue weighted by Gasteiger charge is -2.12. The molecule has 19 heavy (non-hydrogen) atoms. The Morgan fingerprint density at radius 1 is 1.32 bits per heavy atom. The summed E-state index contributed by atoms with van der Waals surface area (Å²) in [6.07, 6.45) is 0.0522. The van der Waals surface area contributed by atoms with E-state index >= 15 is 0 Å². The number of carboxylic acid groups (broad SMARTS) is 1. The van der Waals surface area contributed by atoms with Crippen LogP contribution in [-0.2, 0) is 9.53 Å². The Balaban J connectivity index is 2.88. The number of ether oxygens (including phenoxy) is 3. The molecular weight excluding hydrogens is 276 g/mol. The van der Waals surface area contributed by atoms with Crippen molar-refractivity contribution in [1.82, 2.24) is 0 Å². The molecule has 1 N–H and O–H groups in total. The fourth-order valence-electron chi connectivity index (χ4n) is 1.32. The first-order valence-corrected chi connectivity index (χ1v) is 5.67. The molecule has 1 aromatic rings. The Morgan fingerprint density at radius 3 is 2.53 bits per heavy atom. The summed E-state index contributed by atoms with van der Waals surface area (Å²) in [5.41, 5.74) is -0.0119. The van der Waals surface area contributed by atoms with Gasteiger partial charge in [0, 0.05) is 0 Å². The van der Waals surface area contributed by atoms with Crippen molar-refractivity contribution in [3.8, 4) is 11.5 Å². The number of methoxy groups -OCH3 is 2. The monoisotopic (exact) mass is 288 g/mol. The van der Waals surface area contributed by atoms with Gasteiger partial charge in [-0.2, -0.15) is 0 Å². The van der Waals surface area contributed by atoms with E-state index in [1.165, 1.54) is 26.4 Å². The van der Waals surface area contributed by atoms with Gasteiger partial charge in [-0.05, 0) is 12.1 Å². The van der Waals surface area contributed by atoms with Gasteiger partial charge < -0.3 is 19.3 Å². The standard InChI is InChI=1S/C12H13ClO6/c1-17-9-6-7(12(15)16)5-8(13)11(9)19-4-3-10(14)18-2/h5-6H,3-4H2,1-2H3,(H,15,16). The van der Waals surface area contributed by atoms with Crippen LogP contribution in [0.15, 0.2) is 12.1 Å². The van der Waals surface area contributed by atoms with Crippen LogP contribution in [0, 0.1) is 0 Å². The van der Waals surface area contributed by atoms with E-state index in [4.69, 9.17) is 26.2 Å². The number of rotatable bonds is 6. The molecule has 0 aliphatic rings. The highest BCUT2D eigenvalue weighted by Crippen LogP contribution is 2.36. The molecule has 0 aliphatic carbocycles. The molecule has 0 amide bonds. The molecule has 104 valence electrons. The van der Waals surface area contributed by atoms with Gasteiger partial charge in [0.25, 0.3) is 0 Å². The molecule has 0 fully saturated rings. The SMILES string of the molecule is COC(=O)CCOc1c(Cl)cc(C(=O)O)cc1OC. The first-order valence-electron chi connectivity index (χ1n) is 5.30. The average molecular weight is 289 g/mol. The number of esters is 1. The highest BCUT2D eigenvalue weighted by Gasteiger charge is 2.15. The summed E-state index contributed by atoms with van der Waals surface area (Å²) in [6.45, 7) is 0.0508. The van der Waals surface area contributed by atoms with Crippen LogP contribution in [0.1, 0.15) is 16.8 Å². The molecule has 7 heteroatoms. The van der Waals surface area contributed by atoms with E-state index in [2.05, 4.69) is 4.74 Å². The third-order valence-electron chi connectivity index (χ3n) is 2.26. The Hall–Kier alpha value is -1.95. The molecule has 0 radical (unpaired) electrons. The predicted molar refractivity (Wildman–Crippen MR) is 67.1 cm³/mol. The van der Waals surface area contributed by atoms with Crippen molar-refractivity contribution in [3.05, 3.63) is 22.7 Å². The Labute approximate surface area is 114 Å². The number of hydrogen-bond donors (Lipinski definition) is 1. The summed E-state index contributed by atoms with van der Waals surface area (Å²) in [7, 11) is 2.64. The highest BCUT2D eigenvalue weighted by molar-refractivity contribution is 6.32. The van der Waals surface area contributed by atoms with Gasteiger partial charge >= 0.3 is 11.9 Å². The van der Waals surface area contributed by atoms with Crippen LogP contribution in [0.4, 0.5) is 0 Å². The number of carbonyl (C=O) groups is 2. The third kappa shape index (κ3) is 4.03. The van der Waals surface area contributed by atoms with Crippen molar-refractivity contribution in [2.24, 2.45) is 0 Å². The van der Waals surface area contributed by atoms with Gasteiger partial charge in [0.05, 0.1) is 37.8 Å². The van der Waals surface area contributed by atoms with Crippen LogP contribution < -0.4 is 9.47 Å². The average Bonchev–Trinajstić information content (AvgIpc) is 2.39. The lowest BCUT2D eigenvalue weighted by Crippen LogP contribution is -2.08. The summed E-state index contributed by atoms with van der Waals surface area (Å²) in [6, 6.07) is 2.54.